The second-order valence-corrected chi connectivity index (χ2v) is 4.68. The van der Waals surface area contributed by atoms with Crippen LogP contribution in [0.3, 0.4) is 0 Å². The molecule has 1 spiro atoms. The SMILES string of the molecule is C1=Nc2ccccc2O[C@@]12Cc1ccccc1N2. The molecule has 0 fully saturated rings. The van der Waals surface area contributed by atoms with Crippen LogP contribution in [-0.2, 0) is 6.42 Å². The quantitative estimate of drug-likeness (QED) is 0.762. The summed E-state index contributed by atoms with van der Waals surface area (Å²) >= 11 is 0. The molecule has 2 aromatic rings. The van der Waals surface area contributed by atoms with Crippen molar-refractivity contribution in [2.24, 2.45) is 4.99 Å². The molecule has 3 heteroatoms. The van der Waals surface area contributed by atoms with E-state index < -0.39 is 5.72 Å². The Hall–Kier alpha value is -2.29. The maximum Gasteiger partial charge on any atom is 0.221 e. The first-order valence-corrected chi connectivity index (χ1v) is 6.04. The summed E-state index contributed by atoms with van der Waals surface area (Å²) in [5.41, 5.74) is 2.77. The minimum absolute atomic E-state index is 0.516. The summed E-state index contributed by atoms with van der Waals surface area (Å²) in [7, 11) is 0. The van der Waals surface area contributed by atoms with Crippen molar-refractivity contribution in [2.75, 3.05) is 5.32 Å². The van der Waals surface area contributed by atoms with Crippen molar-refractivity contribution in [3.63, 3.8) is 0 Å². The van der Waals surface area contributed by atoms with Gasteiger partial charge in [-0.25, -0.2) is 0 Å². The first-order chi connectivity index (χ1) is 8.85. The number of para-hydroxylation sites is 3. The van der Waals surface area contributed by atoms with Crippen molar-refractivity contribution in [1.82, 2.24) is 0 Å². The molecule has 2 aliphatic heterocycles. The van der Waals surface area contributed by atoms with Crippen LogP contribution < -0.4 is 10.1 Å². The molecule has 0 saturated heterocycles. The van der Waals surface area contributed by atoms with Gasteiger partial charge in [0.15, 0.2) is 0 Å². The van der Waals surface area contributed by atoms with E-state index in [9.17, 15) is 0 Å². The molecule has 4 rings (SSSR count). The smallest absolute Gasteiger partial charge is 0.221 e. The number of benzene rings is 2. The molecule has 0 amide bonds. The average Bonchev–Trinajstić information content (AvgIpc) is 2.76. The Bertz CT molecular complexity index is 623. The predicted molar refractivity (Wildman–Crippen MR) is 71.7 cm³/mol. The largest absolute Gasteiger partial charge is 0.460 e. The van der Waals surface area contributed by atoms with Gasteiger partial charge < -0.3 is 10.1 Å². The van der Waals surface area contributed by atoms with Crippen molar-refractivity contribution in [1.29, 1.82) is 0 Å². The summed E-state index contributed by atoms with van der Waals surface area (Å²) in [6, 6.07) is 16.1. The highest BCUT2D eigenvalue weighted by molar-refractivity contribution is 5.84. The first kappa shape index (κ1) is 9.71. The number of aliphatic imine (C=N–C) groups is 1. The minimum Gasteiger partial charge on any atom is -0.460 e. The molecular formula is C15H12N2O. The summed E-state index contributed by atoms with van der Waals surface area (Å²) in [6.45, 7) is 0. The van der Waals surface area contributed by atoms with Gasteiger partial charge in [0.1, 0.15) is 11.4 Å². The van der Waals surface area contributed by atoms with Crippen molar-refractivity contribution >= 4 is 17.6 Å². The van der Waals surface area contributed by atoms with Crippen LogP contribution >= 0.6 is 0 Å². The van der Waals surface area contributed by atoms with E-state index in [-0.39, 0.29) is 0 Å². The second kappa shape index (κ2) is 3.35. The molecule has 3 nitrogen and oxygen atoms in total. The Morgan fingerprint density at radius 3 is 2.83 bits per heavy atom. The molecule has 88 valence electrons. The Morgan fingerprint density at radius 2 is 1.89 bits per heavy atom. The van der Waals surface area contributed by atoms with E-state index in [1.807, 2.05) is 42.6 Å². The summed E-state index contributed by atoms with van der Waals surface area (Å²) in [5.74, 6) is 0.834. The van der Waals surface area contributed by atoms with E-state index in [1.165, 1.54) is 5.56 Å². The Labute approximate surface area is 105 Å². The molecule has 0 unspecified atom stereocenters. The van der Waals surface area contributed by atoms with Crippen molar-refractivity contribution in [3.05, 3.63) is 54.1 Å². The van der Waals surface area contributed by atoms with Gasteiger partial charge >= 0.3 is 0 Å². The molecule has 0 aromatic heterocycles. The van der Waals surface area contributed by atoms with E-state index in [0.29, 0.717) is 0 Å². The fourth-order valence-electron chi connectivity index (χ4n) is 2.54. The standard InChI is InChI=1S/C15H12N2O/c1-2-6-12-11(5-1)9-15(17-12)10-16-13-7-3-4-8-14(13)18-15/h1-8,10,17H,9H2/t15-/m0/s1. The first-order valence-electron chi connectivity index (χ1n) is 6.04. The van der Waals surface area contributed by atoms with Crippen LogP contribution in [0.2, 0.25) is 0 Å². The monoisotopic (exact) mass is 236 g/mol. The number of ether oxygens (including phenoxy) is 1. The number of nitrogens with one attached hydrogen (secondary N) is 1. The zero-order valence-electron chi connectivity index (χ0n) is 9.76. The Morgan fingerprint density at radius 1 is 1.06 bits per heavy atom. The van der Waals surface area contributed by atoms with Crippen LogP contribution in [0.5, 0.6) is 5.75 Å². The summed E-state index contributed by atoms with van der Waals surface area (Å²) in [6.07, 6.45) is 2.68. The molecule has 18 heavy (non-hydrogen) atoms. The molecule has 1 N–H and O–H groups in total. The lowest BCUT2D eigenvalue weighted by Crippen LogP contribution is -2.45. The summed E-state index contributed by atoms with van der Waals surface area (Å²) in [4.78, 5) is 4.50. The van der Waals surface area contributed by atoms with Gasteiger partial charge in [-0.15, -0.1) is 0 Å². The maximum atomic E-state index is 6.10. The lowest BCUT2D eigenvalue weighted by atomic mass is 10.1. The van der Waals surface area contributed by atoms with Gasteiger partial charge in [-0.2, -0.15) is 0 Å². The van der Waals surface area contributed by atoms with E-state index in [4.69, 9.17) is 4.74 Å². The van der Waals surface area contributed by atoms with Crippen LogP contribution in [0.1, 0.15) is 5.56 Å². The molecule has 0 aliphatic carbocycles. The molecule has 0 bridgehead atoms. The predicted octanol–water partition coefficient (Wildman–Crippen LogP) is 3.15. The number of hydrogen-bond acceptors (Lipinski definition) is 3. The van der Waals surface area contributed by atoms with Gasteiger partial charge in [-0.1, -0.05) is 30.3 Å². The van der Waals surface area contributed by atoms with E-state index in [1.54, 1.807) is 0 Å². The highest BCUT2D eigenvalue weighted by Gasteiger charge is 2.39. The third-order valence-corrected chi connectivity index (χ3v) is 3.39. The number of hydrogen-bond donors (Lipinski definition) is 1. The van der Waals surface area contributed by atoms with Crippen LogP contribution in [0, 0.1) is 0 Å². The zero-order chi connectivity index (χ0) is 12.0. The van der Waals surface area contributed by atoms with Crippen molar-refractivity contribution < 1.29 is 4.74 Å². The minimum atomic E-state index is -0.516. The van der Waals surface area contributed by atoms with Gasteiger partial charge in [-0.3, -0.25) is 4.99 Å². The maximum absolute atomic E-state index is 6.10. The average molecular weight is 236 g/mol. The summed E-state index contributed by atoms with van der Waals surface area (Å²) < 4.78 is 6.10. The van der Waals surface area contributed by atoms with Crippen molar-refractivity contribution in [3.8, 4) is 5.75 Å². The lowest BCUT2D eigenvalue weighted by Gasteiger charge is -2.30. The molecule has 2 heterocycles. The third kappa shape index (κ3) is 1.34. The number of anilines is 1. The highest BCUT2D eigenvalue weighted by atomic mass is 16.5. The number of fused-ring (bicyclic) bond motifs is 2. The zero-order valence-corrected chi connectivity index (χ0v) is 9.76. The van der Waals surface area contributed by atoms with Crippen LogP contribution in [0.4, 0.5) is 11.4 Å². The molecule has 1 atom stereocenters. The molecule has 0 saturated carbocycles. The third-order valence-electron chi connectivity index (χ3n) is 3.39. The molecule has 2 aromatic carbocycles. The molecule has 0 radical (unpaired) electrons. The fourth-order valence-corrected chi connectivity index (χ4v) is 2.54. The Balaban J connectivity index is 1.74. The number of rotatable bonds is 0. The van der Waals surface area contributed by atoms with Crippen LogP contribution in [0.25, 0.3) is 0 Å². The second-order valence-electron chi connectivity index (χ2n) is 4.68. The van der Waals surface area contributed by atoms with E-state index in [0.717, 1.165) is 23.5 Å². The molecular weight excluding hydrogens is 224 g/mol. The highest BCUT2D eigenvalue weighted by Crippen LogP contribution is 2.39. The van der Waals surface area contributed by atoms with Gasteiger partial charge in [0.05, 0.1) is 6.21 Å². The van der Waals surface area contributed by atoms with Crippen molar-refractivity contribution in [2.45, 2.75) is 12.1 Å². The van der Waals surface area contributed by atoms with Gasteiger partial charge in [0.2, 0.25) is 5.72 Å². The lowest BCUT2D eigenvalue weighted by molar-refractivity contribution is 0.181. The normalized spacial score (nSPS) is 23.1. The van der Waals surface area contributed by atoms with E-state index >= 15 is 0 Å². The van der Waals surface area contributed by atoms with Gasteiger partial charge in [-0.05, 0) is 23.8 Å². The van der Waals surface area contributed by atoms with Crippen LogP contribution in [-0.4, -0.2) is 11.9 Å². The van der Waals surface area contributed by atoms with Crippen LogP contribution in [0.15, 0.2) is 53.5 Å². The summed E-state index contributed by atoms with van der Waals surface area (Å²) in [5, 5.41) is 3.42. The van der Waals surface area contributed by atoms with Gasteiger partial charge in [0, 0.05) is 12.1 Å². The topological polar surface area (TPSA) is 33.6 Å². The van der Waals surface area contributed by atoms with Gasteiger partial charge in [0.25, 0.3) is 0 Å². The molecule has 2 aliphatic rings. The van der Waals surface area contributed by atoms with E-state index in [2.05, 4.69) is 22.4 Å². The number of nitrogens with zero attached hydrogens (tertiary/aromatic N) is 1. The Kier molecular flexibility index (Phi) is 1.81. The fraction of sp³-hybridized carbons (Fsp3) is 0.133.